The molecular formula is C13H17N6S2. The van der Waals surface area contributed by atoms with Gasteiger partial charge in [0.05, 0.1) is 6.54 Å². The highest BCUT2D eigenvalue weighted by atomic mass is 32.2. The van der Waals surface area contributed by atoms with Gasteiger partial charge in [-0.2, -0.15) is 0 Å². The lowest BCUT2D eigenvalue weighted by atomic mass is 10.1. The Morgan fingerprint density at radius 2 is 2.29 bits per heavy atom. The van der Waals surface area contributed by atoms with E-state index in [4.69, 9.17) is 12.2 Å². The quantitative estimate of drug-likeness (QED) is 0.538. The Morgan fingerprint density at radius 3 is 2.95 bits per heavy atom. The van der Waals surface area contributed by atoms with E-state index in [0.717, 1.165) is 29.7 Å². The van der Waals surface area contributed by atoms with Crippen LogP contribution in [0, 0.1) is 0 Å². The summed E-state index contributed by atoms with van der Waals surface area (Å²) in [5.41, 5.74) is 0.923. The van der Waals surface area contributed by atoms with Gasteiger partial charge in [0.1, 0.15) is 0 Å². The fraction of sp³-hybridized carbons (Fsp3) is 0.462. The van der Waals surface area contributed by atoms with Crippen LogP contribution in [0.25, 0.3) is 0 Å². The van der Waals surface area contributed by atoms with Crippen molar-refractivity contribution in [2.24, 2.45) is 0 Å². The number of hydrogen-bond acceptors (Lipinski definition) is 7. The van der Waals surface area contributed by atoms with Crippen LogP contribution in [0.5, 0.6) is 0 Å². The number of pyridine rings is 1. The van der Waals surface area contributed by atoms with Crippen LogP contribution in [0.1, 0.15) is 11.6 Å². The van der Waals surface area contributed by atoms with E-state index in [9.17, 15) is 0 Å². The molecule has 0 aliphatic rings. The molecule has 0 amide bonds. The summed E-state index contributed by atoms with van der Waals surface area (Å²) in [6.07, 6.45) is 1.76. The molecule has 1 atom stereocenters. The van der Waals surface area contributed by atoms with E-state index in [1.165, 1.54) is 0 Å². The number of tetrazole rings is 1. The number of thiocarbonyl (C=S) groups is 1. The van der Waals surface area contributed by atoms with E-state index in [0.29, 0.717) is 0 Å². The summed E-state index contributed by atoms with van der Waals surface area (Å²) in [5, 5.41) is 15.5. The normalized spacial score (nSPS) is 12.5. The first-order valence-electron chi connectivity index (χ1n) is 6.53. The Balaban J connectivity index is 1.96. The lowest BCUT2D eigenvalue weighted by Crippen LogP contribution is -2.19. The van der Waals surface area contributed by atoms with Gasteiger partial charge in [-0.05, 0) is 36.7 Å². The SMILES string of the molecule is CN(C)CCn1nnnc1SCC([C]=S)c1ccccn1. The standard InChI is InChI=1S/C13H17N6S2/c1-18(2)7-8-19-13(15-16-17-19)21-10-11(9-20)12-5-3-4-6-14-12/h3-6,11H,7-8,10H2,1-2H3. The summed E-state index contributed by atoms with van der Waals surface area (Å²) < 4.78 is 1.81. The number of aromatic nitrogens is 5. The molecule has 0 N–H and O–H groups in total. The fourth-order valence-corrected chi connectivity index (χ4v) is 2.91. The zero-order valence-corrected chi connectivity index (χ0v) is 13.6. The maximum absolute atomic E-state index is 5.00. The molecule has 0 saturated carbocycles. The van der Waals surface area contributed by atoms with Crippen LogP contribution in [0.4, 0.5) is 0 Å². The van der Waals surface area contributed by atoms with Gasteiger partial charge in [-0.3, -0.25) is 4.98 Å². The van der Waals surface area contributed by atoms with Crippen molar-refractivity contribution in [3.63, 3.8) is 0 Å². The third-order valence-electron chi connectivity index (χ3n) is 2.82. The molecule has 1 radical (unpaired) electrons. The van der Waals surface area contributed by atoms with Crippen LogP contribution in [-0.2, 0) is 6.54 Å². The summed E-state index contributed by atoms with van der Waals surface area (Å²) in [5.74, 6) is 0.716. The molecule has 0 aliphatic heterocycles. The number of thioether (sulfide) groups is 1. The van der Waals surface area contributed by atoms with Gasteiger partial charge in [0, 0.05) is 35.5 Å². The Bertz CT molecular complexity index is 557. The van der Waals surface area contributed by atoms with Crippen molar-refractivity contribution in [1.29, 1.82) is 0 Å². The van der Waals surface area contributed by atoms with Crippen molar-refractivity contribution >= 4 is 29.3 Å². The molecule has 0 saturated heterocycles. The Labute approximate surface area is 133 Å². The van der Waals surface area contributed by atoms with Crippen molar-refractivity contribution in [3.05, 3.63) is 30.1 Å². The van der Waals surface area contributed by atoms with Crippen LogP contribution >= 0.6 is 24.0 Å². The Kier molecular flexibility index (Phi) is 6.21. The lowest BCUT2D eigenvalue weighted by Gasteiger charge is -2.11. The first-order valence-corrected chi connectivity index (χ1v) is 7.92. The monoisotopic (exact) mass is 321 g/mol. The van der Waals surface area contributed by atoms with E-state index in [-0.39, 0.29) is 5.92 Å². The smallest absolute Gasteiger partial charge is 0.209 e. The maximum Gasteiger partial charge on any atom is 0.209 e. The van der Waals surface area contributed by atoms with Crippen LogP contribution < -0.4 is 0 Å². The highest BCUT2D eigenvalue weighted by Gasteiger charge is 2.14. The number of rotatable bonds is 8. The second-order valence-corrected chi connectivity index (χ2v) is 5.95. The van der Waals surface area contributed by atoms with Crippen LogP contribution in [0.15, 0.2) is 29.6 Å². The molecule has 0 bridgehead atoms. The van der Waals surface area contributed by atoms with Crippen LogP contribution in [0.2, 0.25) is 0 Å². The zero-order chi connectivity index (χ0) is 15.1. The van der Waals surface area contributed by atoms with Gasteiger partial charge in [-0.1, -0.05) is 30.0 Å². The summed E-state index contributed by atoms with van der Waals surface area (Å²) >= 11 is 6.57. The minimum Gasteiger partial charge on any atom is -0.308 e. The summed E-state index contributed by atoms with van der Waals surface area (Å²) in [6, 6.07) is 5.80. The number of nitrogens with zero attached hydrogens (tertiary/aromatic N) is 6. The third kappa shape index (κ3) is 4.83. The average molecular weight is 321 g/mol. The van der Waals surface area contributed by atoms with Gasteiger partial charge in [0.15, 0.2) is 0 Å². The molecule has 2 aromatic rings. The van der Waals surface area contributed by atoms with Crippen LogP contribution in [0.3, 0.4) is 0 Å². The van der Waals surface area contributed by atoms with Gasteiger partial charge in [-0.15, -0.1) is 5.10 Å². The molecule has 8 heteroatoms. The van der Waals surface area contributed by atoms with Crippen molar-refractivity contribution in [1.82, 2.24) is 30.1 Å². The molecule has 0 aromatic carbocycles. The maximum atomic E-state index is 5.00. The summed E-state index contributed by atoms with van der Waals surface area (Å²) in [4.78, 5) is 6.42. The molecule has 2 aromatic heterocycles. The largest absolute Gasteiger partial charge is 0.308 e. The average Bonchev–Trinajstić information content (AvgIpc) is 2.94. The van der Waals surface area contributed by atoms with E-state index in [2.05, 4.69) is 30.8 Å². The molecule has 2 heterocycles. The van der Waals surface area contributed by atoms with Gasteiger partial charge in [-0.25, -0.2) is 4.68 Å². The molecule has 0 aliphatic carbocycles. The highest BCUT2D eigenvalue weighted by molar-refractivity contribution is 7.99. The van der Waals surface area contributed by atoms with E-state index in [1.807, 2.05) is 37.0 Å². The summed E-state index contributed by atoms with van der Waals surface area (Å²) in [7, 11) is 4.05. The minimum atomic E-state index is -0.00908. The van der Waals surface area contributed by atoms with Crippen molar-refractivity contribution in [2.45, 2.75) is 17.6 Å². The van der Waals surface area contributed by atoms with E-state index >= 15 is 0 Å². The van der Waals surface area contributed by atoms with E-state index < -0.39 is 0 Å². The molecule has 111 valence electrons. The lowest BCUT2D eigenvalue weighted by molar-refractivity contribution is 0.361. The fourth-order valence-electron chi connectivity index (χ4n) is 1.65. The molecular weight excluding hydrogens is 304 g/mol. The van der Waals surface area contributed by atoms with Crippen molar-refractivity contribution < 1.29 is 0 Å². The van der Waals surface area contributed by atoms with E-state index in [1.54, 1.807) is 18.0 Å². The van der Waals surface area contributed by atoms with Crippen LogP contribution in [-0.4, -0.2) is 61.9 Å². The third-order valence-corrected chi connectivity index (χ3v) is 4.16. The molecule has 1 unspecified atom stereocenters. The molecule has 0 spiro atoms. The predicted octanol–water partition coefficient (Wildman–Crippen LogP) is 1.38. The Hall–Kier alpha value is -1.38. The first-order chi connectivity index (χ1) is 10.2. The van der Waals surface area contributed by atoms with Gasteiger partial charge < -0.3 is 4.90 Å². The first kappa shape index (κ1) is 16.0. The molecule has 2 rings (SSSR count). The summed E-state index contributed by atoms with van der Waals surface area (Å²) in [6.45, 7) is 1.65. The second kappa shape index (κ2) is 8.16. The zero-order valence-electron chi connectivity index (χ0n) is 12.0. The van der Waals surface area contributed by atoms with Gasteiger partial charge in [0.25, 0.3) is 0 Å². The highest BCUT2D eigenvalue weighted by Crippen LogP contribution is 2.22. The van der Waals surface area contributed by atoms with Crippen molar-refractivity contribution in [2.75, 3.05) is 26.4 Å². The Morgan fingerprint density at radius 1 is 1.43 bits per heavy atom. The van der Waals surface area contributed by atoms with Gasteiger partial charge in [0.2, 0.25) is 5.16 Å². The minimum absolute atomic E-state index is 0.00908. The molecule has 0 fully saturated rings. The predicted molar refractivity (Wildman–Crippen MR) is 86.7 cm³/mol. The molecule has 6 nitrogen and oxygen atoms in total. The van der Waals surface area contributed by atoms with Gasteiger partial charge >= 0.3 is 0 Å². The second-order valence-electron chi connectivity index (χ2n) is 4.72. The van der Waals surface area contributed by atoms with Crippen molar-refractivity contribution in [3.8, 4) is 0 Å². The molecule has 21 heavy (non-hydrogen) atoms. The number of likely N-dealkylation sites (N-methyl/N-ethyl adjacent to an activating group) is 1. The number of hydrogen-bond donors (Lipinski definition) is 0. The topological polar surface area (TPSA) is 59.7 Å².